The largest absolute Gasteiger partial charge is 0.392 e. The topological polar surface area (TPSA) is 123 Å². The Labute approximate surface area is 278 Å². The molecule has 0 saturated carbocycles. The monoisotopic (exact) mass is 650 g/mol. The van der Waals surface area contributed by atoms with Crippen molar-refractivity contribution < 1.29 is 19.4 Å². The quantitative estimate of drug-likeness (QED) is 0.144. The smallest absolute Gasteiger partial charge is 0.315 e. The SMILES string of the molecule is CCNC(=O)NCc1cccc(-c2ccc(C3OC(CSc4nnnn4-c4ccccc4)C(C)C(c4ccc(CO)cc4)O3)cc2)c1. The van der Waals surface area contributed by atoms with Gasteiger partial charge in [-0.1, -0.05) is 104 Å². The van der Waals surface area contributed by atoms with Gasteiger partial charge in [0.15, 0.2) is 6.29 Å². The molecule has 0 bridgehead atoms. The number of nitrogens with zero attached hydrogens (tertiary/aromatic N) is 4. The van der Waals surface area contributed by atoms with Crippen LogP contribution in [-0.2, 0) is 22.6 Å². The summed E-state index contributed by atoms with van der Waals surface area (Å²) in [6.45, 7) is 5.04. The number of nitrogens with one attached hydrogen (secondary N) is 2. The lowest BCUT2D eigenvalue weighted by atomic mass is 9.91. The van der Waals surface area contributed by atoms with Crippen LogP contribution < -0.4 is 10.6 Å². The molecule has 0 aliphatic carbocycles. The van der Waals surface area contributed by atoms with Gasteiger partial charge >= 0.3 is 6.03 Å². The molecule has 0 spiro atoms. The van der Waals surface area contributed by atoms with Crippen LogP contribution in [0.25, 0.3) is 16.8 Å². The van der Waals surface area contributed by atoms with E-state index in [-0.39, 0.29) is 30.8 Å². The summed E-state index contributed by atoms with van der Waals surface area (Å²) in [5.41, 5.74) is 6.80. The van der Waals surface area contributed by atoms with E-state index in [0.717, 1.165) is 39.1 Å². The standard InChI is InChI=1S/C36H38N6O4S/c1-3-37-35(44)38-21-26-8-7-9-30(20-26)27-16-18-29(19-17-27)34-45-32(24(2)33(46-34)28-14-12-25(22-43)13-15-28)23-47-36-39-40-41-42(36)31-10-5-4-6-11-31/h4-20,24,32-34,43H,3,21-23H2,1-2H3,(H2,37,38,44). The number of ether oxygens (including phenoxy) is 2. The third-order valence-electron chi connectivity index (χ3n) is 8.18. The van der Waals surface area contributed by atoms with Gasteiger partial charge in [0.05, 0.1) is 24.5 Å². The Morgan fingerprint density at radius 1 is 0.872 bits per heavy atom. The number of benzene rings is 4. The number of aromatic nitrogens is 4. The fourth-order valence-electron chi connectivity index (χ4n) is 5.57. The molecule has 3 N–H and O–H groups in total. The number of aliphatic hydroxyl groups excluding tert-OH is 1. The Hall–Kier alpha value is -4.55. The van der Waals surface area contributed by atoms with Crippen molar-refractivity contribution in [3.05, 3.63) is 125 Å². The zero-order valence-electron chi connectivity index (χ0n) is 26.3. The number of carbonyl (C=O) groups excluding carboxylic acids is 1. The molecule has 242 valence electrons. The molecule has 1 aliphatic heterocycles. The number of urea groups is 1. The molecule has 2 amide bonds. The van der Waals surface area contributed by atoms with Gasteiger partial charge in [-0.05, 0) is 63.4 Å². The average Bonchev–Trinajstić information content (AvgIpc) is 3.60. The number of hydrogen-bond donors (Lipinski definition) is 3. The highest BCUT2D eigenvalue weighted by molar-refractivity contribution is 7.99. The first-order valence-electron chi connectivity index (χ1n) is 15.7. The maximum Gasteiger partial charge on any atom is 0.315 e. The lowest BCUT2D eigenvalue weighted by Crippen LogP contribution is -2.38. The van der Waals surface area contributed by atoms with Gasteiger partial charge < -0.3 is 25.2 Å². The van der Waals surface area contributed by atoms with Crippen molar-refractivity contribution in [2.24, 2.45) is 5.92 Å². The Morgan fingerprint density at radius 2 is 1.64 bits per heavy atom. The number of hydrogen-bond acceptors (Lipinski definition) is 8. The van der Waals surface area contributed by atoms with Crippen LogP contribution in [0.5, 0.6) is 0 Å². The molecule has 2 heterocycles. The van der Waals surface area contributed by atoms with Gasteiger partial charge in [0.2, 0.25) is 5.16 Å². The first-order valence-corrected chi connectivity index (χ1v) is 16.7. The summed E-state index contributed by atoms with van der Waals surface area (Å²) in [6, 6.07) is 33.9. The summed E-state index contributed by atoms with van der Waals surface area (Å²) in [4.78, 5) is 11.9. The molecule has 4 aromatic carbocycles. The predicted molar refractivity (Wildman–Crippen MR) is 181 cm³/mol. The van der Waals surface area contributed by atoms with E-state index in [1.807, 2.05) is 85.8 Å². The van der Waals surface area contributed by atoms with E-state index in [4.69, 9.17) is 9.47 Å². The molecule has 1 aromatic heterocycles. The fraction of sp³-hybridized carbons (Fsp3) is 0.278. The highest BCUT2D eigenvalue weighted by Gasteiger charge is 2.38. The normalized spacial score (nSPS) is 19.3. The first-order chi connectivity index (χ1) is 23.0. The molecule has 5 aromatic rings. The average molecular weight is 651 g/mol. The number of aliphatic hydroxyl groups is 1. The maximum atomic E-state index is 11.9. The molecule has 4 unspecified atom stereocenters. The number of para-hydroxylation sites is 1. The Morgan fingerprint density at radius 3 is 2.38 bits per heavy atom. The molecule has 1 fully saturated rings. The molecule has 47 heavy (non-hydrogen) atoms. The van der Waals surface area contributed by atoms with E-state index < -0.39 is 6.29 Å². The number of carbonyl (C=O) groups is 1. The van der Waals surface area contributed by atoms with Gasteiger partial charge in [0, 0.05) is 30.3 Å². The summed E-state index contributed by atoms with van der Waals surface area (Å²) in [6.07, 6.45) is -0.993. The zero-order chi connectivity index (χ0) is 32.6. The molecule has 1 saturated heterocycles. The van der Waals surface area contributed by atoms with E-state index in [2.05, 4.69) is 57.3 Å². The zero-order valence-corrected chi connectivity index (χ0v) is 27.1. The van der Waals surface area contributed by atoms with Crippen LogP contribution in [0.3, 0.4) is 0 Å². The minimum atomic E-state index is -0.592. The van der Waals surface area contributed by atoms with E-state index in [1.54, 1.807) is 16.4 Å². The minimum absolute atomic E-state index is 0.0115. The van der Waals surface area contributed by atoms with E-state index >= 15 is 0 Å². The van der Waals surface area contributed by atoms with Gasteiger partial charge in [-0.25, -0.2) is 4.79 Å². The van der Waals surface area contributed by atoms with E-state index in [0.29, 0.717) is 24.0 Å². The highest BCUT2D eigenvalue weighted by atomic mass is 32.2. The summed E-state index contributed by atoms with van der Waals surface area (Å²) in [5, 5.41) is 28.3. The molecule has 11 heteroatoms. The van der Waals surface area contributed by atoms with Crippen molar-refractivity contribution >= 4 is 17.8 Å². The number of amides is 2. The van der Waals surface area contributed by atoms with Crippen LogP contribution >= 0.6 is 11.8 Å². The summed E-state index contributed by atoms with van der Waals surface area (Å²) in [5.74, 6) is 0.643. The summed E-state index contributed by atoms with van der Waals surface area (Å²) >= 11 is 1.55. The van der Waals surface area contributed by atoms with Gasteiger partial charge in [-0.15, -0.1) is 5.10 Å². The van der Waals surface area contributed by atoms with Gasteiger partial charge in [0.1, 0.15) is 0 Å². The molecule has 10 nitrogen and oxygen atoms in total. The molecular weight excluding hydrogens is 613 g/mol. The van der Waals surface area contributed by atoms with Crippen molar-refractivity contribution in [1.29, 1.82) is 0 Å². The number of tetrazole rings is 1. The Balaban J connectivity index is 1.21. The van der Waals surface area contributed by atoms with Crippen molar-refractivity contribution in [3.8, 4) is 16.8 Å². The molecule has 6 rings (SSSR count). The summed E-state index contributed by atoms with van der Waals surface area (Å²) in [7, 11) is 0. The Bertz CT molecular complexity index is 1750. The third kappa shape index (κ3) is 7.88. The van der Waals surface area contributed by atoms with Crippen molar-refractivity contribution in [2.75, 3.05) is 12.3 Å². The number of thioether (sulfide) groups is 1. The lowest BCUT2D eigenvalue weighted by Gasteiger charge is -2.41. The van der Waals surface area contributed by atoms with Gasteiger partial charge in [-0.2, -0.15) is 4.68 Å². The van der Waals surface area contributed by atoms with Crippen LogP contribution in [0.15, 0.2) is 108 Å². The van der Waals surface area contributed by atoms with Gasteiger partial charge in [0.25, 0.3) is 0 Å². The lowest BCUT2D eigenvalue weighted by molar-refractivity contribution is -0.268. The first kappa shape index (κ1) is 32.4. The number of rotatable bonds is 11. The van der Waals surface area contributed by atoms with E-state index in [9.17, 15) is 9.90 Å². The van der Waals surface area contributed by atoms with Crippen molar-refractivity contribution in [3.63, 3.8) is 0 Å². The highest BCUT2D eigenvalue weighted by Crippen LogP contribution is 2.43. The minimum Gasteiger partial charge on any atom is -0.392 e. The van der Waals surface area contributed by atoms with Gasteiger partial charge in [-0.3, -0.25) is 0 Å². The van der Waals surface area contributed by atoms with Crippen molar-refractivity contribution in [2.45, 2.75) is 50.7 Å². The van der Waals surface area contributed by atoms with Crippen LogP contribution in [0.1, 0.15) is 48.5 Å². The second-order valence-corrected chi connectivity index (χ2v) is 12.4. The maximum absolute atomic E-state index is 11.9. The second-order valence-electron chi connectivity index (χ2n) is 11.4. The second kappa shape index (κ2) is 15.4. The van der Waals surface area contributed by atoms with Crippen LogP contribution in [0.4, 0.5) is 4.79 Å². The molecule has 1 aliphatic rings. The third-order valence-corrected chi connectivity index (χ3v) is 9.18. The van der Waals surface area contributed by atoms with Crippen LogP contribution in [0.2, 0.25) is 0 Å². The molecular formula is C36H38N6O4S. The fourth-order valence-corrected chi connectivity index (χ4v) is 6.62. The predicted octanol–water partition coefficient (Wildman–Crippen LogP) is 6.22. The molecule has 0 radical (unpaired) electrons. The molecule has 4 atom stereocenters. The van der Waals surface area contributed by atoms with Crippen LogP contribution in [0, 0.1) is 5.92 Å². The van der Waals surface area contributed by atoms with Crippen LogP contribution in [-0.4, -0.2) is 49.7 Å². The van der Waals surface area contributed by atoms with Crippen molar-refractivity contribution in [1.82, 2.24) is 30.8 Å². The summed E-state index contributed by atoms with van der Waals surface area (Å²) < 4.78 is 15.1. The Kier molecular flexibility index (Phi) is 10.6. The van der Waals surface area contributed by atoms with E-state index in [1.165, 1.54) is 0 Å².